The highest BCUT2D eigenvalue weighted by Crippen LogP contribution is 2.28. The number of rotatable bonds is 9. The fourth-order valence-electron chi connectivity index (χ4n) is 3.31. The Morgan fingerprint density at radius 2 is 2.16 bits per heavy atom. The standard InChI is InChI=1S/C20H25N9OS/c1-28(8-7-21)17-6-5-15(9-13(17)12-31(2)30)23-18-26-19(24-14-3-4-14)29-11-16(10-22)25-20(29)27-18/h5-6,9,11,14H,3-4,7-8,12,21H2,1-2H3,(H2,23,24,25,26,27). The molecule has 1 unspecified atom stereocenters. The smallest absolute Gasteiger partial charge is 0.241 e. The SMILES string of the molecule is CN(CCN)c1ccc(Nc2nc(NC3CC3)n3cc(C#N)nc3n2)cc1C[S+](C)[O-]. The number of nitrogens with two attached hydrogens (primary N) is 1. The second kappa shape index (κ2) is 8.97. The van der Waals surface area contributed by atoms with Crippen LogP contribution >= 0.6 is 0 Å². The molecule has 1 fully saturated rings. The molecular formula is C20H25N9OS. The maximum Gasteiger partial charge on any atom is 0.241 e. The highest BCUT2D eigenvalue weighted by atomic mass is 32.2. The monoisotopic (exact) mass is 439 g/mol. The summed E-state index contributed by atoms with van der Waals surface area (Å²) in [5.74, 6) is 1.79. The first kappa shape index (κ1) is 21.2. The largest absolute Gasteiger partial charge is 0.616 e. The summed E-state index contributed by atoms with van der Waals surface area (Å²) in [4.78, 5) is 15.4. The van der Waals surface area contributed by atoms with Crippen molar-refractivity contribution in [3.63, 3.8) is 0 Å². The van der Waals surface area contributed by atoms with E-state index < -0.39 is 11.2 Å². The third-order valence-electron chi connectivity index (χ3n) is 4.93. The molecule has 31 heavy (non-hydrogen) atoms. The van der Waals surface area contributed by atoms with Crippen LogP contribution in [0.1, 0.15) is 24.1 Å². The van der Waals surface area contributed by atoms with Gasteiger partial charge in [0.05, 0.1) is 12.5 Å². The molecule has 1 atom stereocenters. The predicted molar refractivity (Wildman–Crippen MR) is 122 cm³/mol. The van der Waals surface area contributed by atoms with Gasteiger partial charge in [0.15, 0.2) is 5.69 Å². The average molecular weight is 440 g/mol. The van der Waals surface area contributed by atoms with Crippen molar-refractivity contribution in [3.8, 4) is 6.07 Å². The Labute approximate surface area is 183 Å². The quantitative estimate of drug-likeness (QED) is 0.423. The highest BCUT2D eigenvalue weighted by molar-refractivity contribution is 7.89. The molecule has 0 saturated heterocycles. The Bertz CT molecular complexity index is 1120. The first-order valence-electron chi connectivity index (χ1n) is 10.0. The minimum Gasteiger partial charge on any atom is -0.616 e. The minimum atomic E-state index is -0.993. The fourth-order valence-corrected chi connectivity index (χ4v) is 3.98. The van der Waals surface area contributed by atoms with Crippen molar-refractivity contribution in [1.82, 2.24) is 19.4 Å². The van der Waals surface area contributed by atoms with Crippen LogP contribution in [0.5, 0.6) is 0 Å². The molecule has 11 heteroatoms. The predicted octanol–water partition coefficient (Wildman–Crippen LogP) is 1.59. The molecule has 4 N–H and O–H groups in total. The highest BCUT2D eigenvalue weighted by Gasteiger charge is 2.23. The van der Waals surface area contributed by atoms with E-state index in [1.54, 1.807) is 16.9 Å². The average Bonchev–Trinajstić information content (AvgIpc) is 3.43. The van der Waals surface area contributed by atoms with Crippen molar-refractivity contribution >= 4 is 40.2 Å². The van der Waals surface area contributed by atoms with Gasteiger partial charge >= 0.3 is 0 Å². The summed E-state index contributed by atoms with van der Waals surface area (Å²) in [6.45, 7) is 1.23. The van der Waals surface area contributed by atoms with Gasteiger partial charge in [-0.25, -0.2) is 0 Å². The van der Waals surface area contributed by atoms with Crippen LogP contribution in [0.4, 0.5) is 23.3 Å². The summed E-state index contributed by atoms with van der Waals surface area (Å²) >= 11 is -0.993. The molecule has 0 bridgehead atoms. The van der Waals surface area contributed by atoms with E-state index in [9.17, 15) is 9.81 Å². The minimum absolute atomic E-state index is 0.283. The van der Waals surface area contributed by atoms with Crippen molar-refractivity contribution in [2.45, 2.75) is 24.6 Å². The first-order valence-corrected chi connectivity index (χ1v) is 11.7. The molecule has 1 aliphatic rings. The normalized spacial score (nSPS) is 14.3. The van der Waals surface area contributed by atoms with E-state index in [1.165, 1.54) is 0 Å². The number of hydrogen-bond acceptors (Lipinski definition) is 9. The Balaban J connectivity index is 1.66. The Kier molecular flexibility index (Phi) is 6.13. The van der Waals surface area contributed by atoms with Gasteiger partial charge in [-0.05, 0) is 31.0 Å². The number of aromatic nitrogens is 4. The van der Waals surface area contributed by atoms with E-state index in [0.717, 1.165) is 29.8 Å². The number of imidazole rings is 1. The lowest BCUT2D eigenvalue weighted by molar-refractivity contribution is 0.600. The molecule has 10 nitrogen and oxygen atoms in total. The van der Waals surface area contributed by atoms with E-state index in [1.807, 2.05) is 31.3 Å². The van der Waals surface area contributed by atoms with E-state index >= 15 is 0 Å². The molecule has 1 aromatic carbocycles. The van der Waals surface area contributed by atoms with Gasteiger partial charge in [-0.15, -0.1) is 0 Å². The second-order valence-electron chi connectivity index (χ2n) is 7.59. The van der Waals surface area contributed by atoms with Crippen LogP contribution < -0.4 is 21.3 Å². The van der Waals surface area contributed by atoms with Crippen LogP contribution in [-0.2, 0) is 16.9 Å². The third kappa shape index (κ3) is 4.99. The van der Waals surface area contributed by atoms with Gasteiger partial charge in [-0.2, -0.15) is 20.2 Å². The van der Waals surface area contributed by atoms with Crippen molar-refractivity contribution < 1.29 is 4.55 Å². The molecule has 3 aromatic rings. The van der Waals surface area contributed by atoms with Crippen LogP contribution in [0.3, 0.4) is 0 Å². The maximum absolute atomic E-state index is 11.9. The number of likely N-dealkylation sites (N-methyl/N-ethyl adjacent to an activating group) is 1. The van der Waals surface area contributed by atoms with Gasteiger partial charge in [0, 0.05) is 43.1 Å². The van der Waals surface area contributed by atoms with Crippen LogP contribution in [0.25, 0.3) is 5.78 Å². The lowest BCUT2D eigenvalue weighted by atomic mass is 10.1. The number of nitrogens with zero attached hydrogens (tertiary/aromatic N) is 6. The van der Waals surface area contributed by atoms with Crippen molar-refractivity contribution in [3.05, 3.63) is 35.7 Å². The molecule has 0 aliphatic heterocycles. The van der Waals surface area contributed by atoms with E-state index in [-0.39, 0.29) is 5.69 Å². The second-order valence-corrected chi connectivity index (χ2v) is 9.03. The van der Waals surface area contributed by atoms with E-state index in [2.05, 4.69) is 30.5 Å². The number of fused-ring (bicyclic) bond motifs is 1. The fraction of sp³-hybridized carbons (Fsp3) is 0.400. The van der Waals surface area contributed by atoms with Crippen LogP contribution in [0.2, 0.25) is 0 Å². The van der Waals surface area contributed by atoms with Gasteiger partial charge in [0.2, 0.25) is 17.7 Å². The van der Waals surface area contributed by atoms with Crippen LogP contribution in [0.15, 0.2) is 24.4 Å². The first-order chi connectivity index (χ1) is 15.0. The molecule has 2 heterocycles. The van der Waals surface area contributed by atoms with Crippen LogP contribution in [-0.4, -0.2) is 56.3 Å². The number of nitriles is 1. The number of anilines is 4. The zero-order valence-corrected chi connectivity index (χ0v) is 18.3. The van der Waals surface area contributed by atoms with Gasteiger partial charge in [-0.3, -0.25) is 4.40 Å². The molecule has 2 aromatic heterocycles. The molecule has 1 saturated carbocycles. The molecule has 0 spiro atoms. The van der Waals surface area contributed by atoms with Crippen molar-refractivity contribution in [1.29, 1.82) is 5.26 Å². The lowest BCUT2D eigenvalue weighted by Gasteiger charge is -2.22. The zero-order chi connectivity index (χ0) is 22.0. The summed E-state index contributed by atoms with van der Waals surface area (Å²) in [5.41, 5.74) is 8.70. The number of nitrogens with one attached hydrogen (secondary N) is 2. The Morgan fingerprint density at radius 3 is 2.84 bits per heavy atom. The van der Waals surface area contributed by atoms with Gasteiger partial charge in [0.25, 0.3) is 0 Å². The molecule has 0 amide bonds. The molecule has 162 valence electrons. The van der Waals surface area contributed by atoms with Gasteiger partial charge in [0.1, 0.15) is 11.8 Å². The third-order valence-corrected chi connectivity index (χ3v) is 5.65. The van der Waals surface area contributed by atoms with Crippen molar-refractivity contribution in [2.24, 2.45) is 5.73 Å². The zero-order valence-electron chi connectivity index (χ0n) is 17.5. The maximum atomic E-state index is 11.9. The van der Waals surface area contributed by atoms with Crippen LogP contribution in [0, 0.1) is 11.3 Å². The Morgan fingerprint density at radius 1 is 1.35 bits per heavy atom. The molecule has 4 rings (SSSR count). The molecule has 0 radical (unpaired) electrons. The van der Waals surface area contributed by atoms with E-state index in [0.29, 0.717) is 42.6 Å². The Hall–Kier alpha value is -3.07. The molecular weight excluding hydrogens is 414 g/mol. The summed E-state index contributed by atoms with van der Waals surface area (Å²) in [7, 11) is 1.97. The van der Waals surface area contributed by atoms with Crippen molar-refractivity contribution in [2.75, 3.05) is 41.9 Å². The number of hydrogen-bond donors (Lipinski definition) is 3. The summed E-state index contributed by atoms with van der Waals surface area (Å²) in [6, 6.07) is 8.28. The lowest BCUT2D eigenvalue weighted by Crippen LogP contribution is -2.26. The summed E-state index contributed by atoms with van der Waals surface area (Å²) in [5, 5.41) is 15.8. The summed E-state index contributed by atoms with van der Waals surface area (Å²) < 4.78 is 13.6. The van der Waals surface area contributed by atoms with E-state index in [4.69, 9.17) is 5.73 Å². The summed E-state index contributed by atoms with van der Waals surface area (Å²) in [6.07, 6.45) is 5.48. The van der Waals surface area contributed by atoms with Gasteiger partial charge in [-0.1, -0.05) is 11.2 Å². The van der Waals surface area contributed by atoms with Gasteiger partial charge < -0.3 is 25.8 Å². The molecule has 1 aliphatic carbocycles. The number of benzene rings is 1. The topological polar surface area (TPSA) is 143 Å².